The number of hydrogen-bond acceptors (Lipinski definition) is 8. The first kappa shape index (κ1) is 18.3. The zero-order chi connectivity index (χ0) is 20.7. The molecule has 148 valence electrons. The lowest BCUT2D eigenvalue weighted by Crippen LogP contribution is -2.01. The number of rotatable bonds is 4. The van der Waals surface area contributed by atoms with Gasteiger partial charge in [-0.3, -0.25) is 5.43 Å². The number of hydrazone groups is 1. The summed E-state index contributed by atoms with van der Waals surface area (Å²) < 4.78 is 5.93. The lowest BCUT2D eigenvalue weighted by atomic mass is 10.2. The Morgan fingerprint density at radius 3 is 2.73 bits per heavy atom. The van der Waals surface area contributed by atoms with Crippen molar-refractivity contribution in [3.8, 4) is 16.3 Å². The van der Waals surface area contributed by atoms with Crippen LogP contribution >= 0.6 is 11.3 Å². The molecule has 7 nitrogen and oxygen atoms in total. The van der Waals surface area contributed by atoms with E-state index in [4.69, 9.17) is 4.42 Å². The van der Waals surface area contributed by atoms with Crippen LogP contribution in [-0.2, 0) is 0 Å². The van der Waals surface area contributed by atoms with Crippen LogP contribution in [0, 0.1) is 6.92 Å². The molecule has 5 aromatic rings. The Bertz CT molecular complexity index is 1400. The van der Waals surface area contributed by atoms with Gasteiger partial charge in [0, 0.05) is 10.9 Å². The third-order valence-corrected chi connectivity index (χ3v) is 6.04. The van der Waals surface area contributed by atoms with Crippen LogP contribution in [0.5, 0.6) is 5.75 Å². The van der Waals surface area contributed by atoms with E-state index < -0.39 is 0 Å². The average molecular weight is 415 g/mol. The summed E-state index contributed by atoms with van der Waals surface area (Å²) in [6, 6.07) is 14.8. The van der Waals surface area contributed by atoms with E-state index in [0.717, 1.165) is 43.3 Å². The normalized spacial score (nSPS) is 12.0. The molecule has 0 unspecified atom stereocenters. The van der Waals surface area contributed by atoms with Gasteiger partial charge in [0.2, 0.25) is 0 Å². The van der Waals surface area contributed by atoms with Gasteiger partial charge >= 0.3 is 0 Å². The number of benzene rings is 2. The number of nitrogens with one attached hydrogen (secondary N) is 1. The average Bonchev–Trinajstić information content (AvgIpc) is 3.33. The lowest BCUT2D eigenvalue weighted by molar-refractivity contribution is 0.475. The molecule has 30 heavy (non-hydrogen) atoms. The van der Waals surface area contributed by atoms with E-state index in [1.54, 1.807) is 23.5 Å². The summed E-state index contributed by atoms with van der Waals surface area (Å²) in [5, 5.41) is 15.8. The van der Waals surface area contributed by atoms with E-state index in [-0.39, 0.29) is 5.75 Å². The number of aromatic nitrogens is 3. The molecule has 5 rings (SSSR count). The summed E-state index contributed by atoms with van der Waals surface area (Å²) in [5.41, 5.74) is 7.73. The van der Waals surface area contributed by atoms with Gasteiger partial charge in [0.1, 0.15) is 28.2 Å². The standard InChI is InChI=1S/C22H17N5O2S/c1-12-20(30-22(25-12)14-7-9-15(28)10-8-14)13(2)26-27-21-19-18(23-11-24-21)16-5-3-4-6-17(16)29-19/h3-11,28H,1-2H3,(H,23,24,27)/b26-13+. The molecule has 0 aliphatic heterocycles. The Morgan fingerprint density at radius 2 is 1.90 bits per heavy atom. The molecule has 0 amide bonds. The van der Waals surface area contributed by atoms with Gasteiger partial charge in [-0.25, -0.2) is 15.0 Å². The van der Waals surface area contributed by atoms with Crippen molar-refractivity contribution in [2.75, 3.05) is 5.43 Å². The molecule has 3 aromatic heterocycles. The van der Waals surface area contributed by atoms with Crippen molar-refractivity contribution >= 4 is 44.9 Å². The smallest absolute Gasteiger partial charge is 0.197 e. The van der Waals surface area contributed by atoms with E-state index in [9.17, 15) is 5.11 Å². The summed E-state index contributed by atoms with van der Waals surface area (Å²) in [4.78, 5) is 14.3. The van der Waals surface area contributed by atoms with Gasteiger partial charge in [-0.1, -0.05) is 12.1 Å². The fourth-order valence-corrected chi connectivity index (χ4v) is 4.27. The first-order chi connectivity index (χ1) is 14.6. The molecule has 0 bridgehead atoms. The summed E-state index contributed by atoms with van der Waals surface area (Å²) in [6.07, 6.45) is 1.50. The van der Waals surface area contributed by atoms with Crippen LogP contribution in [0.15, 0.2) is 64.4 Å². The fraction of sp³-hybridized carbons (Fsp3) is 0.0909. The van der Waals surface area contributed by atoms with Crippen LogP contribution in [0.4, 0.5) is 5.82 Å². The molecular weight excluding hydrogens is 398 g/mol. The minimum absolute atomic E-state index is 0.232. The highest BCUT2D eigenvalue weighted by Crippen LogP contribution is 2.31. The Hall–Kier alpha value is -3.78. The van der Waals surface area contributed by atoms with Crippen molar-refractivity contribution < 1.29 is 9.52 Å². The van der Waals surface area contributed by atoms with Crippen molar-refractivity contribution in [3.63, 3.8) is 0 Å². The maximum absolute atomic E-state index is 9.49. The summed E-state index contributed by atoms with van der Waals surface area (Å²) >= 11 is 1.55. The first-order valence-electron chi connectivity index (χ1n) is 9.30. The molecule has 2 N–H and O–H groups in total. The van der Waals surface area contributed by atoms with Gasteiger partial charge in [0.25, 0.3) is 0 Å². The van der Waals surface area contributed by atoms with E-state index in [1.165, 1.54) is 6.33 Å². The predicted octanol–water partition coefficient (Wildman–Crippen LogP) is 5.35. The Labute approximate surface area is 175 Å². The van der Waals surface area contributed by atoms with E-state index in [2.05, 4.69) is 25.5 Å². The minimum Gasteiger partial charge on any atom is -0.508 e. The van der Waals surface area contributed by atoms with E-state index >= 15 is 0 Å². The SMILES string of the molecule is C/C(=N\Nc1ncnc2c1oc1ccccc12)c1sc(-c2ccc(O)cc2)nc1C. The topological polar surface area (TPSA) is 96.4 Å². The van der Waals surface area contributed by atoms with Gasteiger partial charge in [0.05, 0.1) is 16.3 Å². The number of thiazole rings is 1. The highest BCUT2D eigenvalue weighted by molar-refractivity contribution is 7.17. The monoisotopic (exact) mass is 415 g/mol. The van der Waals surface area contributed by atoms with Crippen molar-refractivity contribution in [2.45, 2.75) is 13.8 Å². The third-order valence-electron chi connectivity index (χ3n) is 4.73. The summed E-state index contributed by atoms with van der Waals surface area (Å²) in [5.74, 6) is 0.743. The van der Waals surface area contributed by atoms with Gasteiger partial charge in [0.15, 0.2) is 11.4 Å². The third kappa shape index (κ3) is 3.17. The van der Waals surface area contributed by atoms with Crippen LogP contribution in [0.2, 0.25) is 0 Å². The number of hydrogen-bond donors (Lipinski definition) is 2. The predicted molar refractivity (Wildman–Crippen MR) is 119 cm³/mol. The molecular formula is C22H17N5O2S. The first-order valence-corrected chi connectivity index (χ1v) is 10.1. The highest BCUT2D eigenvalue weighted by atomic mass is 32.1. The number of furan rings is 1. The second kappa shape index (κ2) is 7.23. The number of phenolic OH excluding ortho intramolecular Hbond substituents is 1. The lowest BCUT2D eigenvalue weighted by Gasteiger charge is -2.02. The zero-order valence-corrected chi connectivity index (χ0v) is 17.1. The van der Waals surface area contributed by atoms with Crippen molar-refractivity contribution in [2.24, 2.45) is 5.10 Å². The second-order valence-corrected chi connectivity index (χ2v) is 7.79. The Kier molecular flexibility index (Phi) is 4.40. The molecule has 0 fully saturated rings. The molecule has 0 saturated carbocycles. The van der Waals surface area contributed by atoms with Crippen molar-refractivity contribution in [1.29, 1.82) is 0 Å². The highest BCUT2D eigenvalue weighted by Gasteiger charge is 2.14. The number of anilines is 1. The minimum atomic E-state index is 0.232. The number of aromatic hydroxyl groups is 1. The quantitative estimate of drug-likeness (QED) is 0.303. The second-order valence-electron chi connectivity index (χ2n) is 6.79. The number of fused-ring (bicyclic) bond motifs is 3. The van der Waals surface area contributed by atoms with Crippen LogP contribution in [0.3, 0.4) is 0 Å². The van der Waals surface area contributed by atoms with Gasteiger partial charge in [-0.05, 0) is 50.2 Å². The maximum atomic E-state index is 9.49. The fourth-order valence-electron chi connectivity index (χ4n) is 3.25. The molecule has 0 saturated heterocycles. The molecule has 8 heteroatoms. The van der Waals surface area contributed by atoms with Crippen LogP contribution in [-0.4, -0.2) is 25.8 Å². The maximum Gasteiger partial charge on any atom is 0.197 e. The Balaban J connectivity index is 1.47. The Morgan fingerprint density at radius 1 is 1.10 bits per heavy atom. The van der Waals surface area contributed by atoms with Gasteiger partial charge in [-0.15, -0.1) is 11.3 Å². The van der Waals surface area contributed by atoms with Crippen LogP contribution in [0.25, 0.3) is 32.6 Å². The molecule has 0 spiro atoms. The van der Waals surface area contributed by atoms with E-state index in [0.29, 0.717) is 11.4 Å². The largest absolute Gasteiger partial charge is 0.508 e. The molecule has 3 heterocycles. The van der Waals surface area contributed by atoms with Crippen LogP contribution < -0.4 is 5.43 Å². The van der Waals surface area contributed by atoms with Crippen molar-refractivity contribution in [3.05, 3.63) is 65.4 Å². The summed E-state index contributed by atoms with van der Waals surface area (Å²) in [7, 11) is 0. The van der Waals surface area contributed by atoms with E-state index in [1.807, 2.05) is 50.2 Å². The van der Waals surface area contributed by atoms with Gasteiger partial charge in [-0.2, -0.15) is 5.10 Å². The molecule has 0 radical (unpaired) electrons. The number of nitrogens with zero attached hydrogens (tertiary/aromatic N) is 4. The summed E-state index contributed by atoms with van der Waals surface area (Å²) in [6.45, 7) is 3.88. The number of para-hydroxylation sites is 1. The molecule has 0 aliphatic carbocycles. The zero-order valence-electron chi connectivity index (χ0n) is 16.2. The molecule has 2 aromatic carbocycles. The van der Waals surface area contributed by atoms with Gasteiger partial charge < -0.3 is 9.52 Å². The van der Waals surface area contributed by atoms with Crippen LogP contribution in [0.1, 0.15) is 17.5 Å². The number of phenols is 1. The number of aryl methyl sites for hydroxylation is 1. The van der Waals surface area contributed by atoms with Crippen molar-refractivity contribution in [1.82, 2.24) is 15.0 Å². The molecule has 0 atom stereocenters. The molecule has 0 aliphatic rings.